The number of nitrogens with one attached hydrogen (secondary N) is 1. The number of hydrogen-bond donors (Lipinski definition) is 1. The van der Waals surface area contributed by atoms with E-state index in [0.717, 1.165) is 18.6 Å². The van der Waals surface area contributed by atoms with Crippen LogP contribution in [0.15, 0.2) is 24.5 Å². The summed E-state index contributed by atoms with van der Waals surface area (Å²) in [6.45, 7) is 2.32. The summed E-state index contributed by atoms with van der Waals surface area (Å²) >= 11 is 0. The highest BCUT2D eigenvalue weighted by atomic mass is 15.3. The van der Waals surface area contributed by atoms with Crippen LogP contribution in [0.4, 0.5) is 5.69 Å². The van der Waals surface area contributed by atoms with Gasteiger partial charge in [0.25, 0.3) is 0 Å². The minimum absolute atomic E-state index is 0.726. The van der Waals surface area contributed by atoms with Gasteiger partial charge in [-0.2, -0.15) is 0 Å². The molecule has 2 aliphatic heterocycles. The van der Waals surface area contributed by atoms with Gasteiger partial charge in [0.15, 0.2) is 0 Å². The van der Waals surface area contributed by atoms with Crippen LogP contribution in [-0.4, -0.2) is 30.2 Å². The van der Waals surface area contributed by atoms with E-state index in [-0.39, 0.29) is 0 Å². The molecular formula is C10H13N3. The fraction of sp³-hybridized carbons (Fsp3) is 0.500. The Balaban J connectivity index is 1.81. The van der Waals surface area contributed by atoms with Crippen LogP contribution in [0.2, 0.25) is 0 Å². The third kappa shape index (κ3) is 1.04. The first-order valence-electron chi connectivity index (χ1n) is 4.85. The Kier molecular flexibility index (Phi) is 1.52. The van der Waals surface area contributed by atoms with Gasteiger partial charge < -0.3 is 10.2 Å². The van der Waals surface area contributed by atoms with E-state index in [1.54, 1.807) is 0 Å². The molecule has 1 aromatic heterocycles. The molecule has 3 heterocycles. The zero-order valence-electron chi connectivity index (χ0n) is 7.48. The molecule has 2 fully saturated rings. The van der Waals surface area contributed by atoms with Crippen LogP contribution in [0.1, 0.15) is 6.42 Å². The molecule has 0 spiro atoms. The van der Waals surface area contributed by atoms with E-state index in [4.69, 9.17) is 0 Å². The van der Waals surface area contributed by atoms with Crippen molar-refractivity contribution < 1.29 is 0 Å². The Morgan fingerprint density at radius 2 is 2.54 bits per heavy atom. The molecule has 3 heteroatoms. The van der Waals surface area contributed by atoms with Gasteiger partial charge in [0.05, 0.1) is 11.9 Å². The van der Waals surface area contributed by atoms with Gasteiger partial charge in [-0.15, -0.1) is 0 Å². The second kappa shape index (κ2) is 2.70. The molecule has 2 aliphatic rings. The van der Waals surface area contributed by atoms with Crippen LogP contribution >= 0.6 is 0 Å². The van der Waals surface area contributed by atoms with E-state index in [9.17, 15) is 0 Å². The monoisotopic (exact) mass is 175 g/mol. The topological polar surface area (TPSA) is 28.2 Å². The molecule has 0 amide bonds. The van der Waals surface area contributed by atoms with Crippen molar-refractivity contribution >= 4 is 5.69 Å². The fourth-order valence-electron chi connectivity index (χ4n) is 2.34. The summed E-state index contributed by atoms with van der Waals surface area (Å²) < 4.78 is 0. The quantitative estimate of drug-likeness (QED) is 0.678. The summed E-state index contributed by atoms with van der Waals surface area (Å²) in [7, 11) is 0. The Labute approximate surface area is 77.8 Å². The molecule has 1 aromatic rings. The summed E-state index contributed by atoms with van der Waals surface area (Å²) in [5.41, 5.74) is 1.27. The third-order valence-corrected chi connectivity index (χ3v) is 3.08. The van der Waals surface area contributed by atoms with Crippen molar-refractivity contribution in [2.24, 2.45) is 0 Å². The number of fused-ring (bicyclic) bond motifs is 1. The van der Waals surface area contributed by atoms with Gasteiger partial charge in [-0.3, -0.25) is 4.98 Å². The van der Waals surface area contributed by atoms with E-state index in [1.807, 2.05) is 18.5 Å². The zero-order chi connectivity index (χ0) is 8.67. The maximum absolute atomic E-state index is 4.14. The SMILES string of the molecule is c1cncc(N2CC3NCCC32)c1. The standard InChI is InChI=1S/C10H13N3/c1-2-8(6-11-4-1)13-7-9-10(13)3-5-12-9/h1-2,4,6,9-10,12H,3,5,7H2. The first-order valence-corrected chi connectivity index (χ1v) is 4.85. The Morgan fingerprint density at radius 3 is 3.31 bits per heavy atom. The summed E-state index contributed by atoms with van der Waals surface area (Å²) in [4.78, 5) is 6.58. The van der Waals surface area contributed by atoms with Crippen LogP contribution in [-0.2, 0) is 0 Å². The number of anilines is 1. The van der Waals surface area contributed by atoms with Gasteiger partial charge in [-0.1, -0.05) is 0 Å². The molecule has 13 heavy (non-hydrogen) atoms. The summed E-state index contributed by atoms with van der Waals surface area (Å²) in [5, 5.41) is 3.49. The first kappa shape index (κ1) is 7.33. The number of rotatable bonds is 1. The van der Waals surface area contributed by atoms with E-state index < -0.39 is 0 Å². The van der Waals surface area contributed by atoms with Crippen molar-refractivity contribution in [3.8, 4) is 0 Å². The van der Waals surface area contributed by atoms with Crippen LogP contribution < -0.4 is 10.2 Å². The molecule has 0 radical (unpaired) electrons. The molecule has 0 aromatic carbocycles. The molecule has 2 unspecified atom stereocenters. The molecule has 0 aliphatic carbocycles. The molecule has 68 valence electrons. The van der Waals surface area contributed by atoms with Crippen molar-refractivity contribution in [1.82, 2.24) is 10.3 Å². The minimum atomic E-state index is 0.726. The largest absolute Gasteiger partial charge is 0.364 e. The van der Waals surface area contributed by atoms with Gasteiger partial charge >= 0.3 is 0 Å². The van der Waals surface area contributed by atoms with Gasteiger partial charge in [0.1, 0.15) is 0 Å². The minimum Gasteiger partial charge on any atom is -0.364 e. The summed E-state index contributed by atoms with van der Waals surface area (Å²) in [5.74, 6) is 0. The lowest BCUT2D eigenvalue weighted by atomic mass is 9.97. The van der Waals surface area contributed by atoms with Gasteiger partial charge in [0.2, 0.25) is 0 Å². The normalized spacial score (nSPS) is 31.2. The maximum Gasteiger partial charge on any atom is 0.0556 e. The van der Waals surface area contributed by atoms with Crippen molar-refractivity contribution in [1.29, 1.82) is 0 Å². The lowest BCUT2D eigenvalue weighted by molar-refractivity contribution is 0.396. The predicted octanol–water partition coefficient (Wildman–Crippen LogP) is 0.632. The first-order chi connectivity index (χ1) is 6.45. The molecule has 3 nitrogen and oxygen atoms in total. The number of pyridine rings is 1. The molecule has 0 saturated carbocycles. The molecule has 1 N–H and O–H groups in total. The third-order valence-electron chi connectivity index (χ3n) is 3.08. The van der Waals surface area contributed by atoms with Crippen molar-refractivity contribution in [3.63, 3.8) is 0 Å². The average molecular weight is 175 g/mol. The molecule has 2 atom stereocenters. The fourth-order valence-corrected chi connectivity index (χ4v) is 2.34. The maximum atomic E-state index is 4.14. The Hall–Kier alpha value is -1.09. The Bertz CT molecular complexity index is 298. The number of aromatic nitrogens is 1. The molecule has 2 saturated heterocycles. The predicted molar refractivity (Wildman–Crippen MR) is 51.8 cm³/mol. The highest BCUT2D eigenvalue weighted by Crippen LogP contribution is 2.30. The molecule has 3 rings (SSSR count). The van der Waals surface area contributed by atoms with Crippen LogP contribution in [0.25, 0.3) is 0 Å². The van der Waals surface area contributed by atoms with Gasteiger partial charge in [-0.25, -0.2) is 0 Å². The van der Waals surface area contributed by atoms with Gasteiger partial charge in [-0.05, 0) is 25.1 Å². The van der Waals surface area contributed by atoms with Crippen LogP contribution in [0.5, 0.6) is 0 Å². The van der Waals surface area contributed by atoms with Crippen molar-refractivity contribution in [3.05, 3.63) is 24.5 Å². The van der Waals surface area contributed by atoms with E-state index >= 15 is 0 Å². The summed E-state index contributed by atoms with van der Waals surface area (Å²) in [6.07, 6.45) is 5.06. The smallest absolute Gasteiger partial charge is 0.0556 e. The second-order valence-corrected chi connectivity index (χ2v) is 3.78. The highest BCUT2D eigenvalue weighted by Gasteiger charge is 2.41. The van der Waals surface area contributed by atoms with Crippen LogP contribution in [0, 0.1) is 0 Å². The van der Waals surface area contributed by atoms with Crippen molar-refractivity contribution in [2.75, 3.05) is 18.0 Å². The highest BCUT2D eigenvalue weighted by molar-refractivity contribution is 5.49. The number of hydrogen-bond acceptors (Lipinski definition) is 3. The van der Waals surface area contributed by atoms with Crippen LogP contribution in [0.3, 0.4) is 0 Å². The molecular weight excluding hydrogens is 162 g/mol. The van der Waals surface area contributed by atoms with E-state index in [1.165, 1.54) is 18.7 Å². The second-order valence-electron chi connectivity index (χ2n) is 3.78. The average Bonchev–Trinajstić information content (AvgIpc) is 2.50. The molecule has 0 bridgehead atoms. The zero-order valence-corrected chi connectivity index (χ0v) is 7.48. The van der Waals surface area contributed by atoms with Gasteiger partial charge in [0, 0.05) is 24.8 Å². The lowest BCUT2D eigenvalue weighted by Gasteiger charge is -2.45. The summed E-state index contributed by atoms with van der Waals surface area (Å²) in [6, 6.07) is 5.61. The van der Waals surface area contributed by atoms with E-state index in [2.05, 4.69) is 21.3 Å². The van der Waals surface area contributed by atoms with Crippen molar-refractivity contribution in [2.45, 2.75) is 18.5 Å². The number of nitrogens with zero attached hydrogens (tertiary/aromatic N) is 2. The Morgan fingerprint density at radius 1 is 1.54 bits per heavy atom. The van der Waals surface area contributed by atoms with E-state index in [0.29, 0.717) is 0 Å². The lowest BCUT2D eigenvalue weighted by Crippen LogP contribution is -2.61.